The Morgan fingerprint density at radius 1 is 1.40 bits per heavy atom. The largest absolute Gasteiger partial charge is 0.368 e. The fraction of sp³-hybridized carbons (Fsp3) is 0.611. The smallest absolute Gasteiger partial charge is 0.276 e. The van der Waals surface area contributed by atoms with Crippen LogP contribution in [0.4, 0.5) is 0 Å². The maximum Gasteiger partial charge on any atom is 0.276 e. The van der Waals surface area contributed by atoms with Gasteiger partial charge in [-0.1, -0.05) is 19.0 Å². The highest BCUT2D eigenvalue weighted by Crippen LogP contribution is 2.40. The van der Waals surface area contributed by atoms with E-state index in [2.05, 4.69) is 29.2 Å². The fourth-order valence-electron chi connectivity index (χ4n) is 3.86. The van der Waals surface area contributed by atoms with Crippen molar-refractivity contribution in [3.63, 3.8) is 0 Å². The summed E-state index contributed by atoms with van der Waals surface area (Å²) in [6.07, 6.45) is 5.12. The van der Waals surface area contributed by atoms with Crippen LogP contribution in [0.1, 0.15) is 54.2 Å². The predicted octanol–water partition coefficient (Wildman–Crippen LogP) is 2.30. The maximum absolute atomic E-state index is 12.7. The van der Waals surface area contributed by atoms with Gasteiger partial charge in [-0.15, -0.1) is 0 Å². The van der Waals surface area contributed by atoms with Crippen molar-refractivity contribution in [2.24, 2.45) is 5.92 Å². The van der Waals surface area contributed by atoms with E-state index in [1.54, 1.807) is 6.07 Å². The van der Waals surface area contributed by atoms with Crippen molar-refractivity contribution in [1.29, 1.82) is 0 Å². The molecule has 1 amide bonds. The van der Waals surface area contributed by atoms with Crippen LogP contribution in [-0.4, -0.2) is 45.9 Å². The number of nitrogens with zero attached hydrogens (tertiary/aromatic N) is 3. The summed E-state index contributed by atoms with van der Waals surface area (Å²) in [5.74, 6) is 1.18. The van der Waals surface area contributed by atoms with E-state index in [1.807, 2.05) is 11.1 Å². The molecule has 2 aromatic heterocycles. The molecule has 134 valence electrons. The van der Waals surface area contributed by atoms with Crippen molar-refractivity contribution in [2.45, 2.75) is 45.1 Å². The Morgan fingerprint density at radius 2 is 2.20 bits per heavy atom. The van der Waals surface area contributed by atoms with Crippen molar-refractivity contribution in [3.8, 4) is 0 Å². The van der Waals surface area contributed by atoms with E-state index in [9.17, 15) is 4.79 Å². The summed E-state index contributed by atoms with van der Waals surface area (Å²) in [5.41, 5.74) is 2.40. The minimum Gasteiger partial charge on any atom is -0.368 e. The van der Waals surface area contributed by atoms with Crippen LogP contribution in [0.5, 0.6) is 0 Å². The van der Waals surface area contributed by atoms with Gasteiger partial charge in [-0.3, -0.25) is 9.89 Å². The highest BCUT2D eigenvalue weighted by Gasteiger charge is 2.43. The SMILES string of the molecule is CC(C)Cc1cc(C(=O)N2CCC3(CC2)OCCc2cn[nH]c23)no1. The summed E-state index contributed by atoms with van der Waals surface area (Å²) in [6.45, 7) is 6.22. The molecule has 0 saturated carbocycles. The molecule has 2 aromatic rings. The number of amides is 1. The number of piperidine rings is 1. The van der Waals surface area contributed by atoms with Crippen LogP contribution < -0.4 is 0 Å². The molecule has 1 fully saturated rings. The number of aromatic amines is 1. The number of ether oxygens (including phenoxy) is 1. The molecule has 7 nitrogen and oxygen atoms in total. The number of nitrogens with one attached hydrogen (secondary N) is 1. The van der Waals surface area contributed by atoms with Crippen LogP contribution in [0.15, 0.2) is 16.8 Å². The van der Waals surface area contributed by atoms with E-state index in [0.717, 1.165) is 37.1 Å². The van der Waals surface area contributed by atoms with Crippen molar-refractivity contribution < 1.29 is 14.1 Å². The first-order valence-electron chi connectivity index (χ1n) is 8.99. The average molecular weight is 344 g/mol. The topological polar surface area (TPSA) is 84.3 Å². The van der Waals surface area contributed by atoms with Crippen LogP contribution in [0.2, 0.25) is 0 Å². The lowest BCUT2D eigenvalue weighted by Gasteiger charge is -2.43. The van der Waals surface area contributed by atoms with Gasteiger partial charge in [0.05, 0.1) is 18.5 Å². The van der Waals surface area contributed by atoms with E-state index in [-0.39, 0.29) is 11.5 Å². The highest BCUT2D eigenvalue weighted by molar-refractivity contribution is 5.92. The number of rotatable bonds is 3. The average Bonchev–Trinajstić information content (AvgIpc) is 3.25. The number of hydrogen-bond donors (Lipinski definition) is 1. The molecule has 1 N–H and O–H groups in total. The summed E-state index contributed by atoms with van der Waals surface area (Å²) in [4.78, 5) is 14.6. The summed E-state index contributed by atoms with van der Waals surface area (Å²) >= 11 is 0. The lowest BCUT2D eigenvalue weighted by molar-refractivity contribution is -0.0962. The Bertz CT molecular complexity index is 756. The molecular formula is C18H24N4O3. The summed E-state index contributed by atoms with van der Waals surface area (Å²) < 4.78 is 11.4. The molecule has 0 atom stereocenters. The Balaban J connectivity index is 1.44. The number of aromatic nitrogens is 3. The Kier molecular flexibility index (Phi) is 4.11. The number of likely N-dealkylation sites (tertiary alicyclic amines) is 1. The summed E-state index contributed by atoms with van der Waals surface area (Å²) in [5, 5.41) is 11.2. The van der Waals surface area contributed by atoms with Crippen LogP contribution >= 0.6 is 0 Å². The molecule has 0 aliphatic carbocycles. The van der Waals surface area contributed by atoms with Gasteiger partial charge in [0.25, 0.3) is 5.91 Å². The van der Waals surface area contributed by atoms with Gasteiger partial charge in [-0.2, -0.15) is 5.10 Å². The monoisotopic (exact) mass is 344 g/mol. The molecule has 25 heavy (non-hydrogen) atoms. The standard InChI is InChI=1S/C18H24N4O3/c1-12(2)9-14-10-15(21-25-14)17(23)22-6-4-18(5-7-22)16-13(3-8-24-18)11-19-20-16/h10-12H,3-9H2,1-2H3,(H,19,20). The molecule has 0 radical (unpaired) electrons. The molecule has 2 aliphatic rings. The number of carbonyl (C=O) groups excluding carboxylic acids is 1. The zero-order chi connectivity index (χ0) is 17.4. The lowest BCUT2D eigenvalue weighted by Crippen LogP contribution is -2.48. The second-order valence-corrected chi connectivity index (χ2v) is 7.43. The molecule has 0 unspecified atom stereocenters. The van der Waals surface area contributed by atoms with E-state index >= 15 is 0 Å². The van der Waals surface area contributed by atoms with Gasteiger partial charge in [-0.05, 0) is 30.7 Å². The Labute approximate surface area is 146 Å². The normalized spacial score (nSPS) is 19.4. The molecule has 4 heterocycles. The number of fused-ring (bicyclic) bond motifs is 2. The maximum atomic E-state index is 12.7. The highest BCUT2D eigenvalue weighted by atomic mass is 16.5. The van der Waals surface area contributed by atoms with Crippen LogP contribution in [0.25, 0.3) is 0 Å². The third-order valence-corrected chi connectivity index (χ3v) is 5.17. The Hall–Kier alpha value is -2.15. The van der Waals surface area contributed by atoms with Crippen LogP contribution in [-0.2, 0) is 23.2 Å². The van der Waals surface area contributed by atoms with Crippen molar-refractivity contribution in [2.75, 3.05) is 19.7 Å². The van der Waals surface area contributed by atoms with Crippen molar-refractivity contribution >= 4 is 5.91 Å². The number of H-pyrrole nitrogens is 1. The molecule has 2 aliphatic heterocycles. The summed E-state index contributed by atoms with van der Waals surface area (Å²) in [6, 6.07) is 1.77. The Morgan fingerprint density at radius 3 is 2.96 bits per heavy atom. The molecule has 0 bridgehead atoms. The van der Waals surface area contributed by atoms with E-state index < -0.39 is 0 Å². The molecule has 0 aromatic carbocycles. The first-order valence-corrected chi connectivity index (χ1v) is 8.99. The van der Waals surface area contributed by atoms with Crippen LogP contribution in [0, 0.1) is 5.92 Å². The fourth-order valence-corrected chi connectivity index (χ4v) is 3.86. The van der Waals surface area contributed by atoms with Gasteiger partial charge in [-0.25, -0.2) is 0 Å². The molecular weight excluding hydrogens is 320 g/mol. The van der Waals surface area contributed by atoms with E-state index in [1.165, 1.54) is 5.56 Å². The number of hydrogen-bond acceptors (Lipinski definition) is 5. The quantitative estimate of drug-likeness (QED) is 0.923. The second-order valence-electron chi connectivity index (χ2n) is 7.43. The van der Waals surface area contributed by atoms with E-state index in [4.69, 9.17) is 9.26 Å². The number of carbonyl (C=O) groups is 1. The van der Waals surface area contributed by atoms with Crippen LogP contribution in [0.3, 0.4) is 0 Å². The van der Waals surface area contributed by atoms with Gasteiger partial charge in [0, 0.05) is 25.6 Å². The van der Waals surface area contributed by atoms with Gasteiger partial charge in [0.15, 0.2) is 5.69 Å². The zero-order valence-electron chi connectivity index (χ0n) is 14.7. The van der Waals surface area contributed by atoms with E-state index in [0.29, 0.717) is 31.3 Å². The third kappa shape index (κ3) is 2.97. The summed E-state index contributed by atoms with van der Waals surface area (Å²) in [7, 11) is 0. The van der Waals surface area contributed by atoms with Gasteiger partial charge < -0.3 is 14.2 Å². The van der Waals surface area contributed by atoms with Gasteiger partial charge in [0.1, 0.15) is 11.4 Å². The van der Waals surface area contributed by atoms with Gasteiger partial charge in [0.2, 0.25) is 0 Å². The minimum absolute atomic E-state index is 0.0609. The minimum atomic E-state index is -0.326. The molecule has 1 saturated heterocycles. The zero-order valence-corrected chi connectivity index (χ0v) is 14.7. The molecule has 1 spiro atoms. The molecule has 7 heteroatoms. The first-order chi connectivity index (χ1) is 12.1. The second kappa shape index (κ2) is 6.29. The van der Waals surface area contributed by atoms with Crippen molar-refractivity contribution in [3.05, 3.63) is 35.0 Å². The molecule has 4 rings (SSSR count). The lowest BCUT2D eigenvalue weighted by atomic mass is 9.83. The van der Waals surface area contributed by atoms with Crippen molar-refractivity contribution in [1.82, 2.24) is 20.3 Å². The third-order valence-electron chi connectivity index (χ3n) is 5.17. The van der Waals surface area contributed by atoms with Gasteiger partial charge >= 0.3 is 0 Å². The predicted molar refractivity (Wildman–Crippen MR) is 90.1 cm³/mol. The first kappa shape index (κ1) is 16.3.